The highest BCUT2D eigenvalue weighted by Crippen LogP contribution is 2.33. The van der Waals surface area contributed by atoms with Crippen molar-refractivity contribution in [3.8, 4) is 57.1 Å². The molecular weight excluding hydrogens is 376 g/mol. The fourth-order valence-electron chi connectivity index (χ4n) is 3.39. The third-order valence-electron chi connectivity index (χ3n) is 4.91. The molecule has 0 saturated heterocycles. The first-order chi connectivity index (χ1) is 14.7. The second kappa shape index (κ2) is 7.25. The molecule has 3 aromatic carbocycles. The van der Waals surface area contributed by atoms with Gasteiger partial charge in [0.25, 0.3) is 0 Å². The molecule has 6 nitrogen and oxygen atoms in total. The molecule has 146 valence electrons. The van der Waals surface area contributed by atoms with Crippen molar-refractivity contribution in [1.29, 1.82) is 0 Å². The van der Waals surface area contributed by atoms with E-state index in [2.05, 4.69) is 19.9 Å². The van der Waals surface area contributed by atoms with Gasteiger partial charge in [-0.2, -0.15) is 4.98 Å². The number of rotatable bonds is 4. The SMILES string of the molecule is Oc1nc(-c2ccc(-c3nc(-c4ccccc4)c(O)[nH]3)cc2)[nH]c1-c1ccccc1. The van der Waals surface area contributed by atoms with E-state index >= 15 is 0 Å². The smallest absolute Gasteiger partial charge is 0.237 e. The van der Waals surface area contributed by atoms with Gasteiger partial charge in [-0.3, -0.25) is 0 Å². The molecule has 0 spiro atoms. The number of H-pyrrole nitrogens is 2. The van der Waals surface area contributed by atoms with E-state index in [0.717, 1.165) is 22.3 Å². The van der Waals surface area contributed by atoms with Crippen LogP contribution in [-0.4, -0.2) is 30.1 Å². The molecule has 0 atom stereocenters. The second-order valence-corrected chi connectivity index (χ2v) is 6.88. The van der Waals surface area contributed by atoms with E-state index < -0.39 is 0 Å². The molecule has 0 saturated carbocycles. The molecular formula is C24H18N4O2. The summed E-state index contributed by atoms with van der Waals surface area (Å²) < 4.78 is 0. The fourth-order valence-corrected chi connectivity index (χ4v) is 3.39. The van der Waals surface area contributed by atoms with Crippen molar-refractivity contribution in [2.24, 2.45) is 0 Å². The van der Waals surface area contributed by atoms with Crippen LogP contribution in [0.15, 0.2) is 84.9 Å². The number of hydrogen-bond acceptors (Lipinski definition) is 4. The van der Waals surface area contributed by atoms with Gasteiger partial charge in [-0.15, -0.1) is 0 Å². The van der Waals surface area contributed by atoms with Crippen LogP contribution in [0.4, 0.5) is 0 Å². The molecule has 0 aliphatic carbocycles. The summed E-state index contributed by atoms with van der Waals surface area (Å²) in [5.41, 5.74) is 4.46. The zero-order valence-electron chi connectivity index (χ0n) is 15.9. The van der Waals surface area contributed by atoms with Gasteiger partial charge in [-0.25, -0.2) is 4.98 Å². The lowest BCUT2D eigenvalue weighted by Crippen LogP contribution is -1.84. The molecule has 2 aromatic heterocycles. The van der Waals surface area contributed by atoms with Crippen LogP contribution in [0.3, 0.4) is 0 Å². The topological polar surface area (TPSA) is 97.8 Å². The van der Waals surface area contributed by atoms with Crippen LogP contribution >= 0.6 is 0 Å². The molecule has 0 aliphatic heterocycles. The minimum absolute atomic E-state index is 0.0312. The number of aromatic amines is 2. The van der Waals surface area contributed by atoms with Crippen molar-refractivity contribution in [2.45, 2.75) is 0 Å². The molecule has 5 rings (SSSR count). The number of nitrogens with one attached hydrogen (secondary N) is 2. The van der Waals surface area contributed by atoms with Crippen molar-refractivity contribution in [3.63, 3.8) is 0 Å². The summed E-state index contributed by atoms with van der Waals surface area (Å²) in [4.78, 5) is 14.9. The summed E-state index contributed by atoms with van der Waals surface area (Å²) in [6.07, 6.45) is 0. The number of imidazole rings is 2. The Morgan fingerprint density at radius 2 is 1.07 bits per heavy atom. The zero-order valence-corrected chi connectivity index (χ0v) is 15.9. The molecule has 5 aromatic rings. The van der Waals surface area contributed by atoms with E-state index in [-0.39, 0.29) is 11.8 Å². The van der Waals surface area contributed by atoms with E-state index in [1.807, 2.05) is 84.9 Å². The number of hydrogen-bond donors (Lipinski definition) is 4. The van der Waals surface area contributed by atoms with Gasteiger partial charge < -0.3 is 20.2 Å². The minimum atomic E-state index is -0.0382. The fraction of sp³-hybridized carbons (Fsp3) is 0. The highest BCUT2D eigenvalue weighted by atomic mass is 16.3. The Balaban J connectivity index is 1.45. The van der Waals surface area contributed by atoms with E-state index in [0.29, 0.717) is 23.0 Å². The van der Waals surface area contributed by atoms with E-state index in [9.17, 15) is 10.2 Å². The predicted octanol–water partition coefficient (Wildman–Crippen LogP) is 5.21. The molecule has 0 aliphatic rings. The molecule has 0 amide bonds. The standard InChI is InChI=1S/C24H18N4O2/c29-23-19(15-7-3-1-4-8-15)25-21(27-23)17-11-13-18(14-12-17)22-26-20(24(30)28-22)16-9-5-2-6-10-16/h1-14,29-30H,(H,25,27)(H,26,28). The molecule has 4 N–H and O–H groups in total. The highest BCUT2D eigenvalue weighted by Gasteiger charge is 2.15. The quantitative estimate of drug-likeness (QED) is 0.336. The molecule has 0 fully saturated rings. The van der Waals surface area contributed by atoms with Gasteiger partial charge in [0.05, 0.1) is 0 Å². The monoisotopic (exact) mass is 394 g/mol. The third kappa shape index (κ3) is 3.20. The average Bonchev–Trinajstić information content (AvgIpc) is 3.38. The molecule has 2 heterocycles. The molecule has 0 radical (unpaired) electrons. The first-order valence-electron chi connectivity index (χ1n) is 9.48. The summed E-state index contributed by atoms with van der Waals surface area (Å²) in [6, 6.07) is 26.7. The maximum atomic E-state index is 10.3. The van der Waals surface area contributed by atoms with Crippen LogP contribution in [0.1, 0.15) is 0 Å². The number of aromatic hydroxyl groups is 2. The van der Waals surface area contributed by atoms with Gasteiger partial charge >= 0.3 is 0 Å². The summed E-state index contributed by atoms with van der Waals surface area (Å²) >= 11 is 0. The average molecular weight is 394 g/mol. The maximum Gasteiger partial charge on any atom is 0.237 e. The number of nitrogens with zero attached hydrogens (tertiary/aromatic N) is 2. The summed E-state index contributed by atoms with van der Waals surface area (Å²) in [6.45, 7) is 0. The first-order valence-corrected chi connectivity index (χ1v) is 9.48. The van der Waals surface area contributed by atoms with Crippen LogP contribution in [-0.2, 0) is 0 Å². The number of benzene rings is 3. The lowest BCUT2D eigenvalue weighted by Gasteiger charge is -2.00. The van der Waals surface area contributed by atoms with Crippen molar-refractivity contribution in [2.75, 3.05) is 0 Å². The van der Waals surface area contributed by atoms with Crippen molar-refractivity contribution >= 4 is 0 Å². The lowest BCUT2D eigenvalue weighted by atomic mass is 10.1. The Bertz CT molecular complexity index is 1190. The Morgan fingerprint density at radius 3 is 1.67 bits per heavy atom. The largest absolute Gasteiger partial charge is 0.493 e. The van der Waals surface area contributed by atoms with Gasteiger partial charge in [0.15, 0.2) is 0 Å². The highest BCUT2D eigenvalue weighted by molar-refractivity contribution is 5.72. The molecule has 6 heteroatoms. The van der Waals surface area contributed by atoms with Gasteiger partial charge in [0.2, 0.25) is 11.8 Å². The molecule has 0 bridgehead atoms. The van der Waals surface area contributed by atoms with E-state index in [1.54, 1.807) is 0 Å². The van der Waals surface area contributed by atoms with Gasteiger partial charge in [0, 0.05) is 22.3 Å². The maximum absolute atomic E-state index is 10.3. The van der Waals surface area contributed by atoms with E-state index in [1.165, 1.54) is 0 Å². The molecule has 30 heavy (non-hydrogen) atoms. The Hall–Kier alpha value is -4.32. The normalized spacial score (nSPS) is 10.9. The Kier molecular flexibility index (Phi) is 4.29. The van der Waals surface area contributed by atoms with Crippen molar-refractivity contribution in [3.05, 3.63) is 84.9 Å². The van der Waals surface area contributed by atoms with Gasteiger partial charge in [0.1, 0.15) is 23.0 Å². The van der Waals surface area contributed by atoms with Crippen LogP contribution in [0.25, 0.3) is 45.3 Å². The van der Waals surface area contributed by atoms with Crippen LogP contribution in [0, 0.1) is 0 Å². The third-order valence-corrected chi connectivity index (χ3v) is 4.91. The van der Waals surface area contributed by atoms with Crippen LogP contribution < -0.4 is 0 Å². The van der Waals surface area contributed by atoms with Gasteiger partial charge in [-0.1, -0.05) is 84.9 Å². The summed E-state index contributed by atoms with van der Waals surface area (Å²) in [7, 11) is 0. The predicted molar refractivity (Wildman–Crippen MR) is 116 cm³/mol. The van der Waals surface area contributed by atoms with Crippen LogP contribution in [0.5, 0.6) is 11.8 Å². The van der Waals surface area contributed by atoms with E-state index in [4.69, 9.17) is 0 Å². The second-order valence-electron chi connectivity index (χ2n) is 6.88. The summed E-state index contributed by atoms with van der Waals surface area (Å²) in [5.74, 6) is 1.14. The van der Waals surface area contributed by atoms with Crippen LogP contribution in [0.2, 0.25) is 0 Å². The van der Waals surface area contributed by atoms with Gasteiger partial charge in [-0.05, 0) is 0 Å². The zero-order chi connectivity index (χ0) is 20.5. The lowest BCUT2D eigenvalue weighted by molar-refractivity contribution is 0.458. The molecule has 0 unspecified atom stereocenters. The van der Waals surface area contributed by atoms with Crippen molar-refractivity contribution in [1.82, 2.24) is 19.9 Å². The Labute approximate surface area is 172 Å². The van der Waals surface area contributed by atoms with Crippen molar-refractivity contribution < 1.29 is 10.2 Å². The minimum Gasteiger partial charge on any atom is -0.493 e. The number of aromatic nitrogens is 4. The first kappa shape index (κ1) is 17.8. The Morgan fingerprint density at radius 1 is 0.533 bits per heavy atom. The summed E-state index contributed by atoms with van der Waals surface area (Å²) in [5, 5.41) is 20.5.